The van der Waals surface area contributed by atoms with Gasteiger partial charge >= 0.3 is 10.4 Å². The van der Waals surface area contributed by atoms with E-state index in [4.69, 9.17) is 4.42 Å². The zero-order valence-electron chi connectivity index (χ0n) is 11.2. The average Bonchev–Trinajstić information content (AvgIpc) is 2.93. The standard InChI is InChI=1S/C11H16FN3O4S/c1-8-5-13-11(19-8)7-15(9(2)16)10-3-4-14(6-10)20(12,17)18/h5,10H,3-4,6-7H2,1-2H3. The molecule has 1 aromatic rings. The van der Waals surface area contributed by atoms with Crippen molar-refractivity contribution in [1.29, 1.82) is 0 Å². The van der Waals surface area contributed by atoms with E-state index < -0.39 is 10.4 Å². The van der Waals surface area contributed by atoms with Gasteiger partial charge in [-0.2, -0.15) is 12.7 Å². The first-order valence-corrected chi connectivity index (χ1v) is 7.49. The molecular formula is C11H16FN3O4S. The molecule has 2 heterocycles. The molecule has 1 aliphatic heterocycles. The fraction of sp³-hybridized carbons (Fsp3) is 0.636. The Morgan fingerprint density at radius 1 is 1.65 bits per heavy atom. The van der Waals surface area contributed by atoms with E-state index in [9.17, 15) is 17.1 Å². The van der Waals surface area contributed by atoms with Gasteiger partial charge in [0, 0.05) is 26.1 Å². The summed E-state index contributed by atoms with van der Waals surface area (Å²) in [5, 5.41) is 0. The highest BCUT2D eigenvalue weighted by Gasteiger charge is 2.35. The molecule has 9 heteroatoms. The van der Waals surface area contributed by atoms with Crippen molar-refractivity contribution in [2.75, 3.05) is 13.1 Å². The van der Waals surface area contributed by atoms with Gasteiger partial charge in [-0.05, 0) is 13.3 Å². The summed E-state index contributed by atoms with van der Waals surface area (Å²) in [5.74, 6) is 0.770. The summed E-state index contributed by atoms with van der Waals surface area (Å²) >= 11 is 0. The van der Waals surface area contributed by atoms with Crippen molar-refractivity contribution < 1.29 is 21.5 Å². The van der Waals surface area contributed by atoms with E-state index in [2.05, 4.69) is 4.98 Å². The lowest BCUT2D eigenvalue weighted by atomic mass is 10.2. The number of amides is 1. The summed E-state index contributed by atoms with van der Waals surface area (Å²) in [7, 11) is -4.71. The Morgan fingerprint density at radius 2 is 2.35 bits per heavy atom. The molecule has 112 valence electrons. The molecule has 0 spiro atoms. The van der Waals surface area contributed by atoms with Gasteiger partial charge < -0.3 is 9.32 Å². The molecule has 0 N–H and O–H groups in total. The number of hydrogen-bond acceptors (Lipinski definition) is 5. The Labute approximate surface area is 116 Å². The maximum atomic E-state index is 12.9. The van der Waals surface area contributed by atoms with Gasteiger partial charge in [0.15, 0.2) is 0 Å². The summed E-state index contributed by atoms with van der Waals surface area (Å²) in [4.78, 5) is 17.2. The Bertz CT molecular complexity index is 601. The molecule has 1 fully saturated rings. The van der Waals surface area contributed by atoms with Crippen molar-refractivity contribution in [2.45, 2.75) is 32.9 Å². The first-order valence-electron chi connectivity index (χ1n) is 6.15. The number of carbonyl (C=O) groups is 1. The number of halogens is 1. The van der Waals surface area contributed by atoms with Crippen molar-refractivity contribution >= 4 is 16.3 Å². The smallest absolute Gasteiger partial charge is 0.374 e. The van der Waals surface area contributed by atoms with Crippen LogP contribution in [0.2, 0.25) is 0 Å². The second-order valence-corrected chi connectivity index (χ2v) is 6.09. The minimum absolute atomic E-state index is 0.0435. The highest BCUT2D eigenvalue weighted by atomic mass is 32.3. The maximum absolute atomic E-state index is 12.9. The van der Waals surface area contributed by atoms with Gasteiger partial charge in [0.25, 0.3) is 0 Å². The fourth-order valence-electron chi connectivity index (χ4n) is 2.28. The van der Waals surface area contributed by atoms with Crippen molar-refractivity contribution in [3.8, 4) is 0 Å². The van der Waals surface area contributed by atoms with Crippen molar-refractivity contribution in [3.05, 3.63) is 17.8 Å². The van der Waals surface area contributed by atoms with Crippen LogP contribution in [-0.4, -0.2) is 47.6 Å². The minimum Gasteiger partial charge on any atom is -0.444 e. The van der Waals surface area contributed by atoms with Gasteiger partial charge in [-0.1, -0.05) is 3.89 Å². The van der Waals surface area contributed by atoms with E-state index in [1.54, 1.807) is 13.1 Å². The second kappa shape index (κ2) is 5.49. The Balaban J connectivity index is 2.09. The first kappa shape index (κ1) is 14.9. The molecular weight excluding hydrogens is 289 g/mol. The molecule has 1 amide bonds. The zero-order chi connectivity index (χ0) is 14.9. The van der Waals surface area contributed by atoms with E-state index in [0.717, 1.165) is 4.31 Å². The quantitative estimate of drug-likeness (QED) is 0.761. The number of carbonyl (C=O) groups excluding carboxylic acids is 1. The third-order valence-electron chi connectivity index (χ3n) is 3.25. The molecule has 0 bridgehead atoms. The van der Waals surface area contributed by atoms with Gasteiger partial charge in [-0.15, -0.1) is 0 Å². The summed E-state index contributed by atoms with van der Waals surface area (Å²) in [6, 6.07) is -0.370. The van der Waals surface area contributed by atoms with Crippen LogP contribution in [0.25, 0.3) is 0 Å². The van der Waals surface area contributed by atoms with Crippen molar-refractivity contribution in [1.82, 2.24) is 14.2 Å². The van der Waals surface area contributed by atoms with Crippen LogP contribution >= 0.6 is 0 Å². The molecule has 2 rings (SSSR count). The molecule has 1 atom stereocenters. The summed E-state index contributed by atoms with van der Waals surface area (Å²) in [5.41, 5.74) is 0. The lowest BCUT2D eigenvalue weighted by Gasteiger charge is -2.26. The highest BCUT2D eigenvalue weighted by Crippen LogP contribution is 2.21. The van der Waals surface area contributed by atoms with Crippen LogP contribution in [0.15, 0.2) is 10.6 Å². The number of aryl methyl sites for hydroxylation is 1. The molecule has 1 aliphatic rings. The van der Waals surface area contributed by atoms with Crippen molar-refractivity contribution in [2.24, 2.45) is 0 Å². The number of oxazole rings is 1. The van der Waals surface area contributed by atoms with E-state index in [-0.39, 0.29) is 31.6 Å². The number of hydrogen-bond donors (Lipinski definition) is 0. The van der Waals surface area contributed by atoms with Gasteiger partial charge in [0.05, 0.1) is 12.7 Å². The van der Waals surface area contributed by atoms with Crippen LogP contribution < -0.4 is 0 Å². The van der Waals surface area contributed by atoms with Crippen LogP contribution in [0.4, 0.5) is 3.89 Å². The van der Waals surface area contributed by atoms with Crippen LogP contribution in [0.3, 0.4) is 0 Å². The Kier molecular flexibility index (Phi) is 4.09. The SMILES string of the molecule is CC(=O)N(Cc1ncc(C)o1)C1CCN(S(=O)(=O)F)C1. The monoisotopic (exact) mass is 305 g/mol. The van der Waals surface area contributed by atoms with Gasteiger partial charge in [0.1, 0.15) is 5.76 Å². The van der Waals surface area contributed by atoms with E-state index in [1.807, 2.05) is 0 Å². The van der Waals surface area contributed by atoms with E-state index in [0.29, 0.717) is 18.1 Å². The molecule has 0 radical (unpaired) electrons. The summed E-state index contributed by atoms with van der Waals surface area (Å²) in [6.07, 6.45) is 1.93. The topological polar surface area (TPSA) is 83.7 Å². The predicted octanol–water partition coefficient (Wildman–Crippen LogP) is 0.620. The molecule has 0 aliphatic carbocycles. The fourth-order valence-corrected chi connectivity index (χ4v) is 2.95. The first-order chi connectivity index (χ1) is 9.27. The molecule has 0 aromatic carbocycles. The van der Waals surface area contributed by atoms with Gasteiger partial charge in [0.2, 0.25) is 11.8 Å². The van der Waals surface area contributed by atoms with Gasteiger partial charge in [-0.25, -0.2) is 4.98 Å². The van der Waals surface area contributed by atoms with Crippen LogP contribution in [0.1, 0.15) is 25.0 Å². The Morgan fingerprint density at radius 3 is 2.80 bits per heavy atom. The second-order valence-electron chi connectivity index (χ2n) is 4.75. The molecule has 0 saturated carbocycles. The lowest BCUT2D eigenvalue weighted by molar-refractivity contribution is -0.131. The molecule has 7 nitrogen and oxygen atoms in total. The Hall–Kier alpha value is -1.48. The van der Waals surface area contributed by atoms with E-state index >= 15 is 0 Å². The molecule has 1 saturated heterocycles. The zero-order valence-corrected chi connectivity index (χ0v) is 12.1. The van der Waals surface area contributed by atoms with Gasteiger partial charge in [-0.3, -0.25) is 4.79 Å². The van der Waals surface area contributed by atoms with Crippen LogP contribution in [-0.2, 0) is 21.7 Å². The van der Waals surface area contributed by atoms with Crippen molar-refractivity contribution in [3.63, 3.8) is 0 Å². The third kappa shape index (κ3) is 3.34. The molecule has 1 aromatic heterocycles. The number of aromatic nitrogens is 1. The third-order valence-corrected chi connectivity index (χ3v) is 4.20. The average molecular weight is 305 g/mol. The number of nitrogens with zero attached hydrogens (tertiary/aromatic N) is 3. The maximum Gasteiger partial charge on any atom is 0.374 e. The van der Waals surface area contributed by atoms with Crippen LogP contribution in [0, 0.1) is 6.92 Å². The highest BCUT2D eigenvalue weighted by molar-refractivity contribution is 7.83. The summed E-state index contributed by atoms with van der Waals surface area (Å²) < 4.78 is 40.7. The normalized spacial score (nSPS) is 20.2. The minimum atomic E-state index is -4.71. The van der Waals surface area contributed by atoms with Crippen LogP contribution in [0.5, 0.6) is 0 Å². The largest absolute Gasteiger partial charge is 0.444 e. The lowest BCUT2D eigenvalue weighted by Crippen LogP contribution is -2.40. The molecule has 1 unspecified atom stereocenters. The molecule has 20 heavy (non-hydrogen) atoms. The van der Waals surface area contributed by atoms with E-state index in [1.165, 1.54) is 11.8 Å². The predicted molar refractivity (Wildman–Crippen MR) is 67.5 cm³/mol. The summed E-state index contributed by atoms with van der Waals surface area (Å²) in [6.45, 7) is 3.29. The number of rotatable bonds is 4.